The molecule has 0 N–H and O–H groups in total. The predicted molar refractivity (Wildman–Crippen MR) is 65.4 cm³/mol. The van der Waals surface area contributed by atoms with Crippen LogP contribution in [-0.4, -0.2) is 24.2 Å². The summed E-state index contributed by atoms with van der Waals surface area (Å²) in [5.74, 6) is 0. The summed E-state index contributed by atoms with van der Waals surface area (Å²) in [7, 11) is 0. The number of hydrogen-bond donors (Lipinski definition) is 0. The van der Waals surface area contributed by atoms with Crippen molar-refractivity contribution in [1.29, 1.82) is 0 Å². The normalized spacial score (nSPS) is 11.7. The van der Waals surface area contributed by atoms with Crippen molar-refractivity contribution >= 4 is 0 Å². The lowest BCUT2D eigenvalue weighted by Crippen LogP contribution is -2.44. The highest BCUT2D eigenvalue weighted by Gasteiger charge is 2.27. The summed E-state index contributed by atoms with van der Waals surface area (Å²) >= 11 is 0. The van der Waals surface area contributed by atoms with Gasteiger partial charge in [0.1, 0.15) is 19.6 Å². The van der Waals surface area contributed by atoms with Crippen molar-refractivity contribution in [1.82, 2.24) is 0 Å². The highest BCUT2D eigenvalue weighted by molar-refractivity contribution is 4.44. The Bertz CT molecular complexity index is 138. The topological polar surface area (TPSA) is 29.4 Å². The molecule has 0 heterocycles. The second-order valence-electron chi connectivity index (χ2n) is 4.41. The number of hydrogen-bond acceptors (Lipinski definition) is 2. The zero-order valence-corrected chi connectivity index (χ0v) is 10.7. The maximum Gasteiger partial charge on any atom is 0.153 e. The molecule has 3 nitrogen and oxygen atoms in total. The molecule has 0 aromatic carbocycles. The molecule has 90 valence electrons. The van der Waals surface area contributed by atoms with E-state index < -0.39 is 0 Å². The van der Waals surface area contributed by atoms with Gasteiger partial charge >= 0.3 is 0 Å². The van der Waals surface area contributed by atoms with Crippen LogP contribution in [0.25, 0.3) is 0 Å². The fourth-order valence-electron chi connectivity index (χ4n) is 1.82. The average molecular weight is 215 g/mol. The van der Waals surface area contributed by atoms with Crippen LogP contribution < -0.4 is 0 Å². The first-order chi connectivity index (χ1) is 7.24. The molecule has 0 atom stereocenters. The smallest absolute Gasteiger partial charge is 0.153 e. The number of unbranched alkanes of at least 4 members (excludes halogenated alkanes) is 3. The van der Waals surface area contributed by atoms with Crippen LogP contribution >= 0.6 is 0 Å². The van der Waals surface area contributed by atoms with Gasteiger partial charge in [0.15, 0.2) is 5.29 Å². The van der Waals surface area contributed by atoms with Gasteiger partial charge in [-0.3, -0.25) is 0 Å². The maximum absolute atomic E-state index is 11.1. The van der Waals surface area contributed by atoms with E-state index in [-0.39, 0.29) is 0 Å². The first-order valence-electron chi connectivity index (χ1n) is 6.45. The standard InChI is InChI=1S/C12H27N2O/c1-4-7-10-14(13-15,11-8-5-2)12-9-6-3/h4-12H2,1-3H3/q+1. The van der Waals surface area contributed by atoms with Crippen LogP contribution in [0.1, 0.15) is 59.3 Å². The molecular formula is C12H27N2O+. The van der Waals surface area contributed by atoms with E-state index in [1.165, 1.54) is 0 Å². The van der Waals surface area contributed by atoms with Gasteiger partial charge in [-0.1, -0.05) is 44.9 Å². The summed E-state index contributed by atoms with van der Waals surface area (Å²) in [6.45, 7) is 9.29. The van der Waals surface area contributed by atoms with Gasteiger partial charge in [0.2, 0.25) is 0 Å². The van der Waals surface area contributed by atoms with Gasteiger partial charge in [0.25, 0.3) is 0 Å². The second kappa shape index (κ2) is 8.84. The molecule has 0 saturated carbocycles. The van der Waals surface area contributed by atoms with Crippen molar-refractivity contribution < 1.29 is 4.59 Å². The lowest BCUT2D eigenvalue weighted by atomic mass is 10.2. The van der Waals surface area contributed by atoms with Crippen LogP contribution in [-0.2, 0) is 0 Å². The molecular weight excluding hydrogens is 188 g/mol. The van der Waals surface area contributed by atoms with Gasteiger partial charge in [-0.25, -0.2) is 0 Å². The third-order valence-electron chi connectivity index (χ3n) is 2.96. The number of quaternary nitrogens is 1. The molecule has 0 amide bonds. The zero-order chi connectivity index (χ0) is 11.6. The van der Waals surface area contributed by atoms with E-state index in [0.717, 1.165) is 58.2 Å². The Morgan fingerprint density at radius 2 is 1.13 bits per heavy atom. The Labute approximate surface area is 94.4 Å². The van der Waals surface area contributed by atoms with E-state index >= 15 is 0 Å². The van der Waals surface area contributed by atoms with Crippen molar-refractivity contribution in [2.24, 2.45) is 5.29 Å². The predicted octanol–water partition coefficient (Wildman–Crippen LogP) is 3.88. The second-order valence-corrected chi connectivity index (χ2v) is 4.41. The van der Waals surface area contributed by atoms with Crippen molar-refractivity contribution in [3.05, 3.63) is 4.91 Å². The van der Waals surface area contributed by atoms with Gasteiger partial charge in [0, 0.05) is 0 Å². The van der Waals surface area contributed by atoms with Gasteiger partial charge in [-0.2, -0.15) is 4.59 Å². The van der Waals surface area contributed by atoms with Gasteiger partial charge < -0.3 is 0 Å². The van der Waals surface area contributed by atoms with Crippen LogP contribution in [0.5, 0.6) is 0 Å². The molecule has 3 heteroatoms. The minimum atomic E-state index is 0.454. The molecule has 0 aliphatic heterocycles. The Morgan fingerprint density at radius 3 is 1.33 bits per heavy atom. The number of nitroso groups, excluding NO2 is 1. The highest BCUT2D eigenvalue weighted by Crippen LogP contribution is 2.15. The minimum absolute atomic E-state index is 0.454. The molecule has 0 radical (unpaired) electrons. The molecule has 0 aromatic rings. The van der Waals surface area contributed by atoms with Crippen LogP contribution in [0, 0.1) is 4.91 Å². The van der Waals surface area contributed by atoms with Gasteiger partial charge in [-0.15, -0.1) is 0 Å². The third kappa shape index (κ3) is 5.88. The summed E-state index contributed by atoms with van der Waals surface area (Å²) in [6, 6.07) is 0. The first kappa shape index (κ1) is 14.6. The van der Waals surface area contributed by atoms with Gasteiger partial charge in [-0.05, 0) is 19.3 Å². The molecule has 0 bridgehead atoms. The number of rotatable bonds is 10. The van der Waals surface area contributed by atoms with Crippen molar-refractivity contribution in [3.63, 3.8) is 0 Å². The van der Waals surface area contributed by atoms with E-state index in [1.54, 1.807) is 0 Å². The van der Waals surface area contributed by atoms with Crippen molar-refractivity contribution in [2.45, 2.75) is 59.3 Å². The Hall–Kier alpha value is -0.440. The summed E-state index contributed by atoms with van der Waals surface area (Å²) in [5, 5.41) is 3.42. The molecule has 15 heavy (non-hydrogen) atoms. The Morgan fingerprint density at radius 1 is 0.800 bits per heavy atom. The molecule has 0 unspecified atom stereocenters. The highest BCUT2D eigenvalue weighted by atomic mass is 16.3. The Kier molecular flexibility index (Phi) is 8.58. The summed E-state index contributed by atoms with van der Waals surface area (Å²) in [6.07, 6.45) is 6.77. The third-order valence-corrected chi connectivity index (χ3v) is 2.96. The lowest BCUT2D eigenvalue weighted by Gasteiger charge is -2.28. The molecule has 0 aromatic heterocycles. The van der Waals surface area contributed by atoms with E-state index in [2.05, 4.69) is 26.1 Å². The summed E-state index contributed by atoms with van der Waals surface area (Å²) in [5.41, 5.74) is 0. The SMILES string of the molecule is CCCC[N+](CCCC)(CCCC)N=O. The molecule has 0 aliphatic rings. The molecule has 0 saturated heterocycles. The first-order valence-corrected chi connectivity index (χ1v) is 6.45. The molecule has 0 spiro atoms. The minimum Gasteiger partial charge on any atom is -0.161 e. The van der Waals surface area contributed by atoms with Crippen molar-refractivity contribution in [2.75, 3.05) is 19.6 Å². The molecule has 0 fully saturated rings. The largest absolute Gasteiger partial charge is 0.161 e. The quantitative estimate of drug-likeness (QED) is 0.309. The summed E-state index contributed by atoms with van der Waals surface area (Å²) < 4.78 is 0.454. The van der Waals surface area contributed by atoms with Crippen LogP contribution in [0.15, 0.2) is 5.29 Å². The molecule has 0 rings (SSSR count). The average Bonchev–Trinajstić information content (AvgIpc) is 2.29. The molecule has 0 aliphatic carbocycles. The van der Waals surface area contributed by atoms with E-state index in [0.29, 0.717) is 4.59 Å². The number of nitrogens with zero attached hydrogens (tertiary/aromatic N) is 2. The van der Waals surface area contributed by atoms with Crippen LogP contribution in [0.2, 0.25) is 0 Å². The van der Waals surface area contributed by atoms with E-state index in [4.69, 9.17) is 0 Å². The van der Waals surface area contributed by atoms with Gasteiger partial charge in [0.05, 0.1) is 0 Å². The maximum atomic E-state index is 11.1. The monoisotopic (exact) mass is 215 g/mol. The zero-order valence-electron chi connectivity index (χ0n) is 10.7. The fourth-order valence-corrected chi connectivity index (χ4v) is 1.82. The Balaban J connectivity index is 4.23. The van der Waals surface area contributed by atoms with Crippen molar-refractivity contribution in [3.8, 4) is 0 Å². The van der Waals surface area contributed by atoms with E-state index in [9.17, 15) is 4.91 Å². The fraction of sp³-hybridized carbons (Fsp3) is 1.00. The van der Waals surface area contributed by atoms with E-state index in [1.807, 2.05) is 0 Å². The van der Waals surface area contributed by atoms with Crippen LogP contribution in [0.4, 0.5) is 0 Å². The lowest BCUT2D eigenvalue weighted by molar-refractivity contribution is -0.937. The van der Waals surface area contributed by atoms with Crippen LogP contribution in [0.3, 0.4) is 0 Å². The summed E-state index contributed by atoms with van der Waals surface area (Å²) in [4.78, 5) is 11.1.